The van der Waals surface area contributed by atoms with Gasteiger partial charge in [0.25, 0.3) is 11.5 Å². The van der Waals surface area contributed by atoms with Crippen molar-refractivity contribution in [3.8, 4) is 0 Å². The Morgan fingerprint density at radius 1 is 1.00 bits per heavy atom. The summed E-state index contributed by atoms with van der Waals surface area (Å²) >= 11 is 0. The molecule has 0 aromatic rings. The van der Waals surface area contributed by atoms with Gasteiger partial charge in [0.2, 0.25) is 0 Å². The lowest BCUT2D eigenvalue weighted by molar-refractivity contribution is -0.726. The molecule has 3 aliphatic rings. The smallest absolute Gasteiger partial charge is 0.251 e. The van der Waals surface area contributed by atoms with Crippen LogP contribution >= 0.6 is 0 Å². The molecule has 116 valence electrons. The largest absolute Gasteiger partial charge is 0.417 e. The molecule has 1 N–H and O–H groups in total. The van der Waals surface area contributed by atoms with E-state index in [2.05, 4.69) is 15.7 Å². The van der Waals surface area contributed by atoms with E-state index in [1.807, 2.05) is 0 Å². The van der Waals surface area contributed by atoms with Crippen LogP contribution in [0.15, 0.2) is 11.8 Å². The van der Waals surface area contributed by atoms with Crippen molar-refractivity contribution in [2.75, 3.05) is 19.6 Å². The second-order valence-electron chi connectivity index (χ2n) is 6.34. The molecule has 1 saturated carbocycles. The molecule has 2 heterocycles. The highest BCUT2D eigenvalue weighted by atomic mass is 16.8. The molecule has 0 unspecified atom stereocenters. The van der Waals surface area contributed by atoms with Crippen molar-refractivity contribution < 1.29 is 14.7 Å². The van der Waals surface area contributed by atoms with E-state index >= 15 is 0 Å². The van der Waals surface area contributed by atoms with E-state index in [-0.39, 0.29) is 4.90 Å². The predicted octanol–water partition coefficient (Wildman–Crippen LogP) is 2.48. The van der Waals surface area contributed by atoms with Crippen molar-refractivity contribution in [1.82, 2.24) is 4.90 Å². The summed E-state index contributed by atoms with van der Waals surface area (Å²) in [6.07, 6.45) is 12.0. The first-order valence-corrected chi connectivity index (χ1v) is 8.36. The van der Waals surface area contributed by atoms with Crippen molar-refractivity contribution in [1.29, 1.82) is 0 Å². The summed E-state index contributed by atoms with van der Waals surface area (Å²) in [6, 6.07) is 0. The summed E-state index contributed by atoms with van der Waals surface area (Å²) in [7, 11) is 0. The van der Waals surface area contributed by atoms with Crippen LogP contribution in [-0.4, -0.2) is 50.8 Å². The van der Waals surface area contributed by atoms with Crippen LogP contribution in [-0.2, 0) is 0 Å². The Kier molecular flexibility index (Phi) is 4.46. The van der Waals surface area contributed by atoms with Crippen LogP contribution in [0.25, 0.3) is 0 Å². The topological polar surface area (TPSA) is 52.5 Å². The summed E-state index contributed by atoms with van der Waals surface area (Å²) in [4.78, 5) is 2.43. The van der Waals surface area contributed by atoms with E-state index < -0.39 is 0 Å². The third-order valence-corrected chi connectivity index (χ3v) is 4.87. The van der Waals surface area contributed by atoms with Gasteiger partial charge < -0.3 is 5.21 Å². The minimum absolute atomic E-state index is 0.0878. The van der Waals surface area contributed by atoms with Crippen LogP contribution in [0.3, 0.4) is 0 Å². The lowest BCUT2D eigenvalue weighted by Crippen LogP contribution is -2.41. The molecule has 0 aromatic carbocycles. The molecule has 1 fully saturated rings. The molecular formula is C16H26N3O2+. The van der Waals surface area contributed by atoms with Crippen LogP contribution in [0.5, 0.6) is 0 Å². The number of rotatable bonds is 1. The quantitative estimate of drug-likeness (QED) is 0.349. The van der Waals surface area contributed by atoms with Gasteiger partial charge in [0.15, 0.2) is 0 Å². The van der Waals surface area contributed by atoms with Gasteiger partial charge in [-0.1, -0.05) is 0 Å². The number of allylic oxidation sites excluding steroid dienone is 1. The Labute approximate surface area is 126 Å². The van der Waals surface area contributed by atoms with Gasteiger partial charge in [-0.3, -0.25) is 9.78 Å². The third-order valence-electron chi connectivity index (χ3n) is 4.87. The number of nitrogens with zero attached hydrogens (tertiary/aromatic N) is 3. The minimum atomic E-state index is 0.0878. The fourth-order valence-corrected chi connectivity index (χ4v) is 3.77. The lowest BCUT2D eigenvalue weighted by atomic mass is 9.93. The summed E-state index contributed by atoms with van der Waals surface area (Å²) in [5.41, 5.74) is 1.59. The van der Waals surface area contributed by atoms with Crippen LogP contribution in [0.4, 0.5) is 0 Å². The van der Waals surface area contributed by atoms with Crippen LogP contribution < -0.4 is 0 Å². The zero-order chi connectivity index (χ0) is 14.7. The van der Waals surface area contributed by atoms with Crippen LogP contribution in [0, 0.1) is 5.21 Å². The van der Waals surface area contributed by atoms with Gasteiger partial charge in [0.1, 0.15) is 0 Å². The summed E-state index contributed by atoms with van der Waals surface area (Å²) in [6.45, 7) is 3.37. The van der Waals surface area contributed by atoms with Gasteiger partial charge >= 0.3 is 0 Å². The number of amidine groups is 1. The summed E-state index contributed by atoms with van der Waals surface area (Å²) in [5.74, 6) is 1.42. The van der Waals surface area contributed by atoms with Gasteiger partial charge in [-0.15, -0.1) is 0 Å². The number of hydrogen-bond acceptors (Lipinski definition) is 3. The van der Waals surface area contributed by atoms with Crippen molar-refractivity contribution in [3.05, 3.63) is 17.0 Å². The summed E-state index contributed by atoms with van der Waals surface area (Å²) in [5, 5.41) is 20.7. The Bertz CT molecular complexity index is 490. The molecule has 0 aromatic heterocycles. The highest BCUT2D eigenvalue weighted by molar-refractivity contribution is 5.97. The van der Waals surface area contributed by atoms with Crippen LogP contribution in [0.2, 0.25) is 0 Å². The molecule has 2 aliphatic heterocycles. The standard InChI is InChI=1S/C16H26N3O2/c20-19(21)15-8-4-3-7-14(15)13-18-12-6-11-17-10-5-1-2-9-16(17)18/h13H,1-12H2,(H,20,21)/q+1/b14-13+. The molecular weight excluding hydrogens is 266 g/mol. The van der Waals surface area contributed by atoms with E-state index in [1.165, 1.54) is 44.6 Å². The Hall–Kier alpha value is -1.52. The van der Waals surface area contributed by atoms with Gasteiger partial charge in [-0.05, 0) is 38.5 Å². The molecule has 5 heteroatoms. The molecule has 0 amide bonds. The number of hydrogen-bond donors (Lipinski definition) is 1. The molecule has 0 bridgehead atoms. The van der Waals surface area contributed by atoms with E-state index in [4.69, 9.17) is 0 Å². The van der Waals surface area contributed by atoms with Crippen molar-refractivity contribution >= 4 is 11.5 Å². The Morgan fingerprint density at radius 3 is 2.62 bits per heavy atom. The van der Waals surface area contributed by atoms with Gasteiger partial charge in [-0.25, -0.2) is 4.90 Å². The van der Waals surface area contributed by atoms with Gasteiger partial charge in [0.05, 0.1) is 31.4 Å². The normalized spacial score (nSPS) is 28.4. The molecule has 5 nitrogen and oxygen atoms in total. The molecule has 0 saturated heterocycles. The molecule has 21 heavy (non-hydrogen) atoms. The average Bonchev–Trinajstić information content (AvgIpc) is 2.74. The maximum atomic E-state index is 11.3. The SMILES string of the molecule is [O-]/[N+](O)=C1\CCCC\C1=C/N1CCC[N+]2=C1CCCCC2. The van der Waals surface area contributed by atoms with Crippen molar-refractivity contribution in [3.63, 3.8) is 0 Å². The third kappa shape index (κ3) is 3.22. The molecule has 3 rings (SSSR count). The fraction of sp³-hybridized carbons (Fsp3) is 0.750. The first-order chi connectivity index (χ1) is 10.3. The van der Waals surface area contributed by atoms with Gasteiger partial charge in [-0.2, -0.15) is 0 Å². The molecule has 0 spiro atoms. The molecule has 0 radical (unpaired) electrons. The summed E-state index contributed by atoms with van der Waals surface area (Å²) < 4.78 is 2.52. The first kappa shape index (κ1) is 14.4. The van der Waals surface area contributed by atoms with E-state index in [1.54, 1.807) is 0 Å². The van der Waals surface area contributed by atoms with E-state index in [0.29, 0.717) is 12.1 Å². The molecule has 1 aliphatic carbocycles. The second kappa shape index (κ2) is 6.50. The Morgan fingerprint density at radius 2 is 1.76 bits per heavy atom. The predicted molar refractivity (Wildman–Crippen MR) is 81.8 cm³/mol. The van der Waals surface area contributed by atoms with Crippen molar-refractivity contribution in [2.24, 2.45) is 0 Å². The van der Waals surface area contributed by atoms with Crippen molar-refractivity contribution in [2.45, 2.75) is 57.8 Å². The van der Waals surface area contributed by atoms with Crippen LogP contribution in [0.1, 0.15) is 57.8 Å². The zero-order valence-corrected chi connectivity index (χ0v) is 12.8. The fourth-order valence-electron chi connectivity index (χ4n) is 3.77. The second-order valence-corrected chi connectivity index (χ2v) is 6.34. The maximum Gasteiger partial charge on any atom is 0.251 e. The average molecular weight is 292 g/mol. The lowest BCUT2D eigenvalue weighted by Gasteiger charge is -2.24. The monoisotopic (exact) mass is 292 g/mol. The first-order valence-electron chi connectivity index (χ1n) is 8.36. The minimum Gasteiger partial charge on any atom is -0.417 e. The maximum absolute atomic E-state index is 11.3. The van der Waals surface area contributed by atoms with E-state index in [0.717, 1.165) is 37.8 Å². The Balaban J connectivity index is 1.88. The van der Waals surface area contributed by atoms with E-state index in [9.17, 15) is 10.4 Å². The van der Waals surface area contributed by atoms with Gasteiger partial charge in [0, 0.05) is 24.2 Å². The molecule has 0 atom stereocenters. The zero-order valence-electron chi connectivity index (χ0n) is 12.8. The highest BCUT2D eigenvalue weighted by Crippen LogP contribution is 2.23. The highest BCUT2D eigenvalue weighted by Gasteiger charge is 2.30.